The van der Waals surface area contributed by atoms with Gasteiger partial charge in [-0.3, -0.25) is 0 Å². The van der Waals surface area contributed by atoms with Crippen LogP contribution in [0.5, 0.6) is 0 Å². The first-order valence-corrected chi connectivity index (χ1v) is 10.4. The van der Waals surface area contributed by atoms with Crippen LogP contribution in [0.2, 0.25) is 0 Å². The van der Waals surface area contributed by atoms with Crippen molar-refractivity contribution in [1.82, 2.24) is 14.8 Å². The number of rotatable bonds is 9. The molecule has 2 aromatic carbocycles. The van der Waals surface area contributed by atoms with E-state index in [0.717, 1.165) is 30.6 Å². The molecular formula is C25H31N3O. The molecule has 0 bridgehead atoms. The fourth-order valence-corrected chi connectivity index (χ4v) is 3.40. The monoisotopic (exact) mass is 389 g/mol. The number of amides is 2. The Balaban J connectivity index is 1.76. The van der Waals surface area contributed by atoms with E-state index >= 15 is 0 Å². The van der Waals surface area contributed by atoms with Crippen LogP contribution in [0.15, 0.2) is 72.9 Å². The lowest BCUT2D eigenvalue weighted by Gasteiger charge is -2.24. The van der Waals surface area contributed by atoms with E-state index in [4.69, 9.17) is 0 Å². The third kappa shape index (κ3) is 5.98. The molecule has 0 radical (unpaired) electrons. The molecule has 0 unspecified atom stereocenters. The molecule has 3 rings (SSSR count). The Morgan fingerprint density at radius 3 is 2.48 bits per heavy atom. The number of aromatic nitrogens is 1. The summed E-state index contributed by atoms with van der Waals surface area (Å²) in [5, 5.41) is 3.07. The molecule has 1 aromatic heterocycles. The Bertz CT molecular complexity index is 901. The molecule has 0 aliphatic carbocycles. The number of hydrogen-bond donors (Lipinski definition) is 1. The fourth-order valence-electron chi connectivity index (χ4n) is 3.40. The molecule has 0 fully saturated rings. The molecule has 4 nitrogen and oxygen atoms in total. The standard InChI is InChI=1S/C25H31N3O/c1-3-4-16-26-25(29)28(18-22-12-6-5-7-13-22)20-24-15-10-17-27(24)19-23-14-9-8-11-21(23)2/h5-15,17H,3-4,16,18-20H2,1-2H3,(H,26,29). The molecule has 0 aliphatic rings. The number of carbonyl (C=O) groups is 1. The van der Waals surface area contributed by atoms with E-state index in [1.54, 1.807) is 0 Å². The van der Waals surface area contributed by atoms with Crippen LogP contribution in [0, 0.1) is 6.92 Å². The maximum atomic E-state index is 12.9. The van der Waals surface area contributed by atoms with Gasteiger partial charge in [0.1, 0.15) is 0 Å². The van der Waals surface area contributed by atoms with Gasteiger partial charge < -0.3 is 14.8 Å². The average Bonchev–Trinajstić information content (AvgIpc) is 3.17. The Hall–Kier alpha value is -3.01. The Labute approximate surface area is 174 Å². The van der Waals surface area contributed by atoms with E-state index in [9.17, 15) is 4.79 Å². The molecule has 4 heteroatoms. The topological polar surface area (TPSA) is 37.3 Å². The highest BCUT2D eigenvalue weighted by atomic mass is 16.2. The second-order valence-electron chi connectivity index (χ2n) is 7.48. The smallest absolute Gasteiger partial charge is 0.318 e. The third-order valence-electron chi connectivity index (χ3n) is 5.19. The first-order chi connectivity index (χ1) is 14.2. The lowest BCUT2D eigenvalue weighted by molar-refractivity contribution is 0.191. The summed E-state index contributed by atoms with van der Waals surface area (Å²) >= 11 is 0. The number of unbranched alkanes of at least 4 members (excludes halogenated alkanes) is 1. The first-order valence-electron chi connectivity index (χ1n) is 10.4. The van der Waals surface area contributed by atoms with Crippen molar-refractivity contribution in [2.45, 2.75) is 46.3 Å². The second-order valence-corrected chi connectivity index (χ2v) is 7.48. The fraction of sp³-hybridized carbons (Fsp3) is 0.320. The van der Waals surface area contributed by atoms with Crippen molar-refractivity contribution in [2.75, 3.05) is 6.54 Å². The number of hydrogen-bond acceptors (Lipinski definition) is 1. The normalized spacial score (nSPS) is 10.7. The van der Waals surface area contributed by atoms with Crippen molar-refractivity contribution in [3.63, 3.8) is 0 Å². The molecule has 0 aliphatic heterocycles. The average molecular weight is 390 g/mol. The molecule has 0 spiro atoms. The van der Waals surface area contributed by atoms with Gasteiger partial charge in [0, 0.05) is 31.5 Å². The predicted molar refractivity (Wildman–Crippen MR) is 119 cm³/mol. The second kappa shape index (κ2) is 10.5. The number of aryl methyl sites for hydroxylation is 1. The number of benzene rings is 2. The highest BCUT2D eigenvalue weighted by molar-refractivity contribution is 5.74. The molecule has 0 atom stereocenters. The maximum absolute atomic E-state index is 12.9. The zero-order chi connectivity index (χ0) is 20.5. The zero-order valence-corrected chi connectivity index (χ0v) is 17.5. The summed E-state index contributed by atoms with van der Waals surface area (Å²) in [6.45, 7) is 6.96. The Morgan fingerprint density at radius 1 is 0.966 bits per heavy atom. The van der Waals surface area contributed by atoms with Crippen LogP contribution >= 0.6 is 0 Å². The van der Waals surface area contributed by atoms with Crippen molar-refractivity contribution >= 4 is 6.03 Å². The van der Waals surface area contributed by atoms with Gasteiger partial charge in [-0.05, 0) is 42.2 Å². The number of nitrogens with one attached hydrogen (secondary N) is 1. The summed E-state index contributed by atoms with van der Waals surface area (Å²) in [7, 11) is 0. The minimum atomic E-state index is -0.00838. The molecule has 1 heterocycles. The highest BCUT2D eigenvalue weighted by Crippen LogP contribution is 2.15. The van der Waals surface area contributed by atoms with Gasteiger partial charge in [0.25, 0.3) is 0 Å². The van der Waals surface area contributed by atoms with Crippen LogP contribution in [0.3, 0.4) is 0 Å². The summed E-state index contributed by atoms with van der Waals surface area (Å²) in [6, 6.07) is 22.8. The van der Waals surface area contributed by atoms with Gasteiger partial charge in [-0.15, -0.1) is 0 Å². The van der Waals surface area contributed by atoms with Gasteiger partial charge in [0.15, 0.2) is 0 Å². The van der Waals surface area contributed by atoms with Crippen molar-refractivity contribution in [3.05, 3.63) is 95.3 Å². The van der Waals surface area contributed by atoms with E-state index in [1.807, 2.05) is 23.1 Å². The Morgan fingerprint density at radius 2 is 1.72 bits per heavy atom. The minimum absolute atomic E-state index is 0.00838. The number of carbonyl (C=O) groups excluding carboxylic acids is 1. The molecule has 0 saturated heterocycles. The van der Waals surface area contributed by atoms with Crippen LogP contribution < -0.4 is 5.32 Å². The van der Waals surface area contributed by atoms with E-state index in [-0.39, 0.29) is 6.03 Å². The quantitative estimate of drug-likeness (QED) is 0.492. The summed E-state index contributed by atoms with van der Waals surface area (Å²) in [5.41, 5.74) is 4.85. The lowest BCUT2D eigenvalue weighted by atomic mass is 10.1. The molecule has 29 heavy (non-hydrogen) atoms. The summed E-state index contributed by atoms with van der Waals surface area (Å²) in [4.78, 5) is 14.8. The van der Waals surface area contributed by atoms with Crippen molar-refractivity contribution in [1.29, 1.82) is 0 Å². The minimum Gasteiger partial charge on any atom is -0.345 e. The first kappa shape index (κ1) is 20.7. The predicted octanol–water partition coefficient (Wildman–Crippen LogP) is 5.36. The van der Waals surface area contributed by atoms with Crippen molar-refractivity contribution in [3.8, 4) is 0 Å². The largest absolute Gasteiger partial charge is 0.345 e. The van der Waals surface area contributed by atoms with Gasteiger partial charge in [0.05, 0.1) is 6.54 Å². The molecule has 152 valence electrons. The molecular weight excluding hydrogens is 358 g/mol. The van der Waals surface area contributed by atoms with Gasteiger partial charge in [-0.25, -0.2) is 4.79 Å². The van der Waals surface area contributed by atoms with Gasteiger partial charge in [-0.1, -0.05) is 67.9 Å². The maximum Gasteiger partial charge on any atom is 0.318 e. The molecule has 0 saturated carbocycles. The lowest BCUT2D eigenvalue weighted by Crippen LogP contribution is -2.39. The number of urea groups is 1. The van der Waals surface area contributed by atoms with Crippen LogP contribution in [0.1, 0.15) is 42.1 Å². The summed E-state index contributed by atoms with van der Waals surface area (Å²) < 4.78 is 2.24. The highest BCUT2D eigenvalue weighted by Gasteiger charge is 2.16. The summed E-state index contributed by atoms with van der Waals surface area (Å²) in [5.74, 6) is 0. The van der Waals surface area contributed by atoms with Gasteiger partial charge in [0.2, 0.25) is 0 Å². The van der Waals surface area contributed by atoms with Crippen LogP contribution in [0.4, 0.5) is 4.79 Å². The van der Waals surface area contributed by atoms with E-state index < -0.39 is 0 Å². The molecule has 2 amide bonds. The SMILES string of the molecule is CCCCNC(=O)N(Cc1ccccc1)Cc1cccn1Cc1ccccc1C. The number of nitrogens with zero attached hydrogens (tertiary/aromatic N) is 2. The van der Waals surface area contributed by atoms with Crippen LogP contribution in [-0.2, 0) is 19.6 Å². The van der Waals surface area contributed by atoms with E-state index in [2.05, 4.69) is 78.5 Å². The van der Waals surface area contributed by atoms with E-state index in [1.165, 1.54) is 11.1 Å². The van der Waals surface area contributed by atoms with Crippen molar-refractivity contribution in [2.24, 2.45) is 0 Å². The van der Waals surface area contributed by atoms with Crippen LogP contribution in [-0.4, -0.2) is 22.0 Å². The van der Waals surface area contributed by atoms with Gasteiger partial charge >= 0.3 is 6.03 Å². The van der Waals surface area contributed by atoms with Gasteiger partial charge in [-0.2, -0.15) is 0 Å². The Kier molecular flexibility index (Phi) is 7.51. The molecule has 1 N–H and O–H groups in total. The zero-order valence-electron chi connectivity index (χ0n) is 17.5. The van der Waals surface area contributed by atoms with E-state index in [0.29, 0.717) is 19.6 Å². The third-order valence-corrected chi connectivity index (χ3v) is 5.19. The van der Waals surface area contributed by atoms with Crippen molar-refractivity contribution < 1.29 is 4.79 Å². The molecule has 3 aromatic rings. The van der Waals surface area contributed by atoms with Crippen LogP contribution in [0.25, 0.3) is 0 Å². The summed E-state index contributed by atoms with van der Waals surface area (Å²) in [6.07, 6.45) is 4.16.